The molecule has 3 heterocycles. The molecule has 23 heavy (non-hydrogen) atoms. The Bertz CT molecular complexity index is 816. The lowest BCUT2D eigenvalue weighted by atomic mass is 9.87. The van der Waals surface area contributed by atoms with E-state index in [1.807, 2.05) is 30.5 Å². The Balaban J connectivity index is 1.70. The van der Waals surface area contributed by atoms with E-state index in [2.05, 4.69) is 25.7 Å². The van der Waals surface area contributed by atoms with Crippen LogP contribution in [0.5, 0.6) is 0 Å². The van der Waals surface area contributed by atoms with Crippen LogP contribution >= 0.6 is 0 Å². The summed E-state index contributed by atoms with van der Waals surface area (Å²) in [6, 6.07) is 7.56. The number of aromatic amines is 1. The summed E-state index contributed by atoms with van der Waals surface area (Å²) in [5.74, 6) is -0.0433. The topological polar surface area (TPSA) is 87.6 Å². The summed E-state index contributed by atoms with van der Waals surface area (Å²) in [5.41, 5.74) is 1.73. The first-order valence-electron chi connectivity index (χ1n) is 7.74. The molecule has 0 unspecified atom stereocenters. The van der Waals surface area contributed by atoms with Crippen molar-refractivity contribution in [3.63, 3.8) is 0 Å². The van der Waals surface area contributed by atoms with Gasteiger partial charge in [0.25, 0.3) is 5.91 Å². The molecule has 1 aliphatic rings. The third-order valence-corrected chi connectivity index (χ3v) is 4.49. The van der Waals surface area contributed by atoms with E-state index in [0.717, 1.165) is 29.8 Å². The maximum atomic E-state index is 13.1. The number of para-hydroxylation sites is 1. The van der Waals surface area contributed by atoms with Crippen LogP contribution in [-0.2, 0) is 10.3 Å². The molecule has 1 aliphatic heterocycles. The molecule has 1 aromatic carbocycles. The number of amides is 1. The van der Waals surface area contributed by atoms with Gasteiger partial charge >= 0.3 is 0 Å². The minimum Gasteiger partial charge on any atom is -0.345 e. The number of nitrogens with zero attached hydrogens (tertiary/aromatic N) is 3. The Morgan fingerprint density at radius 3 is 2.91 bits per heavy atom. The molecule has 1 saturated heterocycles. The number of hydrogen-bond acceptors (Lipinski definition) is 4. The van der Waals surface area contributed by atoms with Gasteiger partial charge in [-0.25, -0.2) is 4.98 Å². The smallest absolute Gasteiger partial charge is 0.252 e. The second kappa shape index (κ2) is 5.51. The van der Waals surface area contributed by atoms with Crippen molar-refractivity contribution in [3.05, 3.63) is 43.0 Å². The second-order valence-electron chi connectivity index (χ2n) is 5.79. The predicted molar refractivity (Wildman–Crippen MR) is 87.0 cm³/mol. The fourth-order valence-corrected chi connectivity index (χ4v) is 3.23. The molecule has 7 nitrogen and oxygen atoms in total. The molecule has 2 aromatic heterocycles. The minimum absolute atomic E-state index is 0.0433. The lowest BCUT2D eigenvalue weighted by molar-refractivity contribution is -0.126. The first-order valence-corrected chi connectivity index (χ1v) is 7.74. The zero-order valence-electron chi connectivity index (χ0n) is 12.6. The van der Waals surface area contributed by atoms with Crippen molar-refractivity contribution in [2.45, 2.75) is 18.4 Å². The molecule has 4 rings (SSSR count). The molecule has 0 radical (unpaired) electrons. The number of aromatic nitrogens is 4. The number of fused-ring (bicyclic) bond motifs is 1. The van der Waals surface area contributed by atoms with Crippen molar-refractivity contribution in [2.24, 2.45) is 0 Å². The van der Waals surface area contributed by atoms with E-state index >= 15 is 0 Å². The van der Waals surface area contributed by atoms with Crippen LogP contribution in [0, 0.1) is 0 Å². The predicted octanol–water partition coefficient (Wildman–Crippen LogP) is 1.48. The standard InChI is InChI=1S/C16H18N6O/c23-15(21-13-4-1-3-12-14(13)19-11-18-12)16(5-8-17-9-6-16)22-10-2-7-20-22/h1-4,7,10-11,17H,5-6,8-9H2,(H,18,19)(H,21,23). The van der Waals surface area contributed by atoms with Gasteiger partial charge in [-0.1, -0.05) is 6.07 Å². The molecular weight excluding hydrogens is 292 g/mol. The van der Waals surface area contributed by atoms with E-state index in [4.69, 9.17) is 0 Å². The van der Waals surface area contributed by atoms with Gasteiger partial charge in [0.1, 0.15) is 11.1 Å². The fourth-order valence-electron chi connectivity index (χ4n) is 3.23. The first kappa shape index (κ1) is 14.0. The molecule has 0 saturated carbocycles. The van der Waals surface area contributed by atoms with Gasteiger partial charge in [0.2, 0.25) is 0 Å². The van der Waals surface area contributed by atoms with Crippen LogP contribution < -0.4 is 10.6 Å². The van der Waals surface area contributed by atoms with Gasteiger partial charge in [0.05, 0.1) is 17.5 Å². The SMILES string of the molecule is O=C(Nc1cccc2[nH]cnc12)C1(n2cccn2)CCNCC1. The van der Waals surface area contributed by atoms with Gasteiger partial charge < -0.3 is 15.6 Å². The number of rotatable bonds is 3. The van der Waals surface area contributed by atoms with Crippen molar-refractivity contribution in [1.82, 2.24) is 25.1 Å². The Morgan fingerprint density at radius 2 is 2.13 bits per heavy atom. The Labute approximate surface area is 133 Å². The van der Waals surface area contributed by atoms with Crippen molar-refractivity contribution in [1.29, 1.82) is 0 Å². The maximum Gasteiger partial charge on any atom is 0.252 e. The molecule has 3 N–H and O–H groups in total. The summed E-state index contributed by atoms with van der Waals surface area (Å²) in [5, 5.41) is 10.7. The highest BCUT2D eigenvalue weighted by Gasteiger charge is 2.42. The van der Waals surface area contributed by atoms with E-state index in [1.165, 1.54) is 0 Å². The molecule has 0 aliphatic carbocycles. The molecule has 3 aromatic rings. The average molecular weight is 310 g/mol. The summed E-state index contributed by atoms with van der Waals surface area (Å²) in [6.07, 6.45) is 6.62. The largest absolute Gasteiger partial charge is 0.345 e. The summed E-state index contributed by atoms with van der Waals surface area (Å²) in [7, 11) is 0. The summed E-state index contributed by atoms with van der Waals surface area (Å²) in [6.45, 7) is 1.58. The lowest BCUT2D eigenvalue weighted by Gasteiger charge is -2.36. The number of hydrogen-bond donors (Lipinski definition) is 3. The van der Waals surface area contributed by atoms with Gasteiger partial charge in [-0.15, -0.1) is 0 Å². The Morgan fingerprint density at radius 1 is 1.26 bits per heavy atom. The summed E-state index contributed by atoms with van der Waals surface area (Å²) < 4.78 is 1.79. The van der Waals surface area contributed by atoms with Crippen LogP contribution in [0.25, 0.3) is 11.0 Å². The van der Waals surface area contributed by atoms with Gasteiger partial charge in [-0.3, -0.25) is 9.48 Å². The van der Waals surface area contributed by atoms with Crippen LogP contribution in [0.4, 0.5) is 5.69 Å². The van der Waals surface area contributed by atoms with Crippen LogP contribution in [0.3, 0.4) is 0 Å². The molecule has 0 bridgehead atoms. The monoisotopic (exact) mass is 310 g/mol. The van der Waals surface area contributed by atoms with Crippen LogP contribution in [-0.4, -0.2) is 38.7 Å². The van der Waals surface area contributed by atoms with Gasteiger partial charge in [-0.2, -0.15) is 5.10 Å². The molecular formula is C16H18N6O. The van der Waals surface area contributed by atoms with Crippen molar-refractivity contribution in [2.75, 3.05) is 18.4 Å². The van der Waals surface area contributed by atoms with Gasteiger partial charge in [0.15, 0.2) is 0 Å². The van der Waals surface area contributed by atoms with Crippen molar-refractivity contribution in [3.8, 4) is 0 Å². The van der Waals surface area contributed by atoms with Crippen LogP contribution in [0.15, 0.2) is 43.0 Å². The fraction of sp³-hybridized carbons (Fsp3) is 0.312. The highest BCUT2D eigenvalue weighted by atomic mass is 16.2. The van der Waals surface area contributed by atoms with Crippen LogP contribution in [0.2, 0.25) is 0 Å². The molecule has 0 spiro atoms. The highest BCUT2D eigenvalue weighted by molar-refractivity contribution is 6.02. The van der Waals surface area contributed by atoms with E-state index in [1.54, 1.807) is 17.2 Å². The number of benzene rings is 1. The van der Waals surface area contributed by atoms with E-state index in [-0.39, 0.29) is 5.91 Å². The number of H-pyrrole nitrogens is 1. The molecule has 7 heteroatoms. The number of nitrogens with one attached hydrogen (secondary N) is 3. The van der Waals surface area contributed by atoms with E-state index in [0.29, 0.717) is 12.8 Å². The quantitative estimate of drug-likeness (QED) is 0.684. The molecule has 1 amide bonds. The number of piperidine rings is 1. The number of anilines is 1. The molecule has 0 atom stereocenters. The van der Waals surface area contributed by atoms with Gasteiger partial charge in [-0.05, 0) is 44.1 Å². The van der Waals surface area contributed by atoms with Crippen molar-refractivity contribution >= 4 is 22.6 Å². The van der Waals surface area contributed by atoms with E-state index < -0.39 is 5.54 Å². The average Bonchev–Trinajstić information content (AvgIpc) is 3.27. The Hall–Kier alpha value is -2.67. The minimum atomic E-state index is -0.660. The van der Waals surface area contributed by atoms with Crippen molar-refractivity contribution < 1.29 is 4.79 Å². The summed E-state index contributed by atoms with van der Waals surface area (Å²) >= 11 is 0. The third-order valence-electron chi connectivity index (χ3n) is 4.49. The zero-order chi connectivity index (χ0) is 15.7. The number of carbonyl (C=O) groups excluding carboxylic acids is 1. The summed E-state index contributed by atoms with van der Waals surface area (Å²) in [4.78, 5) is 20.5. The zero-order valence-corrected chi connectivity index (χ0v) is 12.6. The molecule has 1 fully saturated rings. The number of carbonyl (C=O) groups is 1. The first-order chi connectivity index (χ1) is 11.3. The van der Waals surface area contributed by atoms with Gasteiger partial charge in [0, 0.05) is 12.4 Å². The normalized spacial score (nSPS) is 17.2. The van der Waals surface area contributed by atoms with E-state index in [9.17, 15) is 4.79 Å². The highest BCUT2D eigenvalue weighted by Crippen LogP contribution is 2.30. The Kier molecular flexibility index (Phi) is 3.34. The third kappa shape index (κ3) is 2.29. The number of imidazole rings is 1. The second-order valence-corrected chi connectivity index (χ2v) is 5.79. The lowest BCUT2D eigenvalue weighted by Crippen LogP contribution is -2.52. The maximum absolute atomic E-state index is 13.1. The molecule has 118 valence electrons. The van der Waals surface area contributed by atoms with Crippen LogP contribution in [0.1, 0.15) is 12.8 Å².